The molecule has 0 saturated heterocycles. The Balaban J connectivity index is 2.14. The third-order valence-electron chi connectivity index (χ3n) is 2.10. The first-order chi connectivity index (χ1) is 8.06. The van der Waals surface area contributed by atoms with Crippen molar-refractivity contribution >= 4 is 15.9 Å². The molecule has 0 unspecified atom stereocenters. The van der Waals surface area contributed by atoms with Crippen LogP contribution in [0.4, 0.5) is 8.78 Å². The molecule has 0 N–H and O–H groups in total. The minimum absolute atomic E-state index is 0.0909. The van der Waals surface area contributed by atoms with Crippen LogP contribution in [0.2, 0.25) is 0 Å². The van der Waals surface area contributed by atoms with Crippen LogP contribution in [-0.2, 0) is 13.7 Å². The number of nitrogens with zero attached hydrogens (tertiary/aromatic N) is 2. The normalized spacial score (nSPS) is 10.6. The molecule has 0 radical (unpaired) electrons. The van der Waals surface area contributed by atoms with Crippen LogP contribution in [0.15, 0.2) is 28.9 Å². The van der Waals surface area contributed by atoms with E-state index >= 15 is 0 Å². The second-order valence-corrected chi connectivity index (χ2v) is 4.38. The van der Waals surface area contributed by atoms with Crippen molar-refractivity contribution in [3.63, 3.8) is 0 Å². The lowest BCUT2D eigenvalue weighted by molar-refractivity contribution is 0.279. The molecule has 0 bridgehead atoms. The van der Waals surface area contributed by atoms with Crippen LogP contribution in [0.5, 0.6) is 5.75 Å². The highest BCUT2D eigenvalue weighted by molar-refractivity contribution is 9.10. The minimum Gasteiger partial charge on any atom is -0.484 e. The fraction of sp³-hybridized carbons (Fsp3) is 0.182. The smallest absolute Gasteiger partial charge is 0.200 e. The monoisotopic (exact) mass is 302 g/mol. The van der Waals surface area contributed by atoms with Gasteiger partial charge in [0.1, 0.15) is 6.61 Å². The Labute approximate surface area is 105 Å². The molecular formula is C11H9BrF2N2O. The number of ether oxygens (including phenoxy) is 1. The Morgan fingerprint density at radius 1 is 1.41 bits per heavy atom. The molecule has 0 aliphatic carbocycles. The van der Waals surface area contributed by atoms with Gasteiger partial charge < -0.3 is 4.74 Å². The maximum absolute atomic E-state index is 13.3. The molecule has 1 aromatic heterocycles. The summed E-state index contributed by atoms with van der Waals surface area (Å²) in [5.74, 6) is -2.08. The van der Waals surface area contributed by atoms with Crippen LogP contribution in [-0.4, -0.2) is 9.78 Å². The van der Waals surface area contributed by atoms with Crippen molar-refractivity contribution in [3.05, 3.63) is 46.2 Å². The van der Waals surface area contributed by atoms with Crippen LogP contribution >= 0.6 is 15.9 Å². The summed E-state index contributed by atoms with van der Waals surface area (Å²) in [5.41, 5.74) is 0.646. The highest BCUT2D eigenvalue weighted by Crippen LogP contribution is 2.25. The number of hydrogen-bond acceptors (Lipinski definition) is 2. The van der Waals surface area contributed by atoms with Crippen molar-refractivity contribution in [1.82, 2.24) is 9.78 Å². The largest absolute Gasteiger partial charge is 0.484 e. The Kier molecular flexibility index (Phi) is 3.42. The van der Waals surface area contributed by atoms with Crippen LogP contribution in [0.1, 0.15) is 5.69 Å². The molecular weight excluding hydrogens is 294 g/mol. The second kappa shape index (κ2) is 4.83. The van der Waals surface area contributed by atoms with E-state index in [4.69, 9.17) is 4.74 Å². The minimum atomic E-state index is -0.996. The highest BCUT2D eigenvalue weighted by Gasteiger charge is 2.11. The number of benzene rings is 1. The molecule has 0 amide bonds. The van der Waals surface area contributed by atoms with E-state index in [0.717, 1.165) is 6.07 Å². The first kappa shape index (κ1) is 12.0. The molecule has 1 heterocycles. The lowest BCUT2D eigenvalue weighted by atomic mass is 10.3. The highest BCUT2D eigenvalue weighted by atomic mass is 79.9. The molecule has 0 fully saturated rings. The SMILES string of the molecule is Cn1ccc(COc2cc(Br)cc(F)c2F)n1. The Morgan fingerprint density at radius 2 is 2.18 bits per heavy atom. The summed E-state index contributed by atoms with van der Waals surface area (Å²) in [7, 11) is 1.77. The fourth-order valence-electron chi connectivity index (χ4n) is 1.33. The lowest BCUT2D eigenvalue weighted by Crippen LogP contribution is -2.00. The van der Waals surface area contributed by atoms with Gasteiger partial charge in [-0.15, -0.1) is 0 Å². The van der Waals surface area contributed by atoms with Gasteiger partial charge in [0.2, 0.25) is 5.82 Å². The summed E-state index contributed by atoms with van der Waals surface area (Å²) in [6, 6.07) is 4.16. The zero-order valence-corrected chi connectivity index (χ0v) is 10.5. The predicted molar refractivity (Wildman–Crippen MR) is 61.6 cm³/mol. The molecule has 0 saturated carbocycles. The van der Waals surface area contributed by atoms with Gasteiger partial charge in [-0.05, 0) is 18.2 Å². The first-order valence-corrected chi connectivity index (χ1v) is 5.61. The zero-order valence-electron chi connectivity index (χ0n) is 8.95. The van der Waals surface area contributed by atoms with Crippen molar-refractivity contribution < 1.29 is 13.5 Å². The molecule has 6 heteroatoms. The van der Waals surface area contributed by atoms with E-state index in [1.54, 1.807) is 24.0 Å². The number of hydrogen-bond donors (Lipinski definition) is 0. The van der Waals surface area contributed by atoms with E-state index in [1.807, 2.05) is 0 Å². The lowest BCUT2D eigenvalue weighted by Gasteiger charge is -2.06. The first-order valence-electron chi connectivity index (χ1n) is 4.82. The summed E-state index contributed by atoms with van der Waals surface area (Å²) in [5, 5.41) is 4.06. The number of rotatable bonds is 3. The molecule has 0 spiro atoms. The van der Waals surface area contributed by atoms with E-state index in [-0.39, 0.29) is 12.4 Å². The second-order valence-electron chi connectivity index (χ2n) is 3.47. The molecule has 2 rings (SSSR count). The quantitative estimate of drug-likeness (QED) is 0.815. The topological polar surface area (TPSA) is 27.1 Å². The van der Waals surface area contributed by atoms with Crippen molar-refractivity contribution in [1.29, 1.82) is 0 Å². The Bertz CT molecular complexity index is 542. The van der Waals surface area contributed by atoms with Gasteiger partial charge in [0.25, 0.3) is 0 Å². The standard InChI is InChI=1S/C11H9BrF2N2O/c1-16-3-2-8(15-16)6-17-10-5-7(12)4-9(13)11(10)14/h2-5H,6H2,1H3. The molecule has 0 aliphatic heterocycles. The molecule has 2 aromatic rings. The average molecular weight is 303 g/mol. The van der Waals surface area contributed by atoms with E-state index in [9.17, 15) is 8.78 Å². The van der Waals surface area contributed by atoms with Crippen molar-refractivity contribution in [2.45, 2.75) is 6.61 Å². The molecule has 0 atom stereocenters. The van der Waals surface area contributed by atoms with Gasteiger partial charge in [-0.3, -0.25) is 4.68 Å². The Hall–Kier alpha value is -1.43. The molecule has 0 aliphatic rings. The summed E-state index contributed by atoms with van der Waals surface area (Å²) in [6.07, 6.45) is 1.75. The van der Waals surface area contributed by atoms with Crippen molar-refractivity contribution in [2.75, 3.05) is 0 Å². The zero-order chi connectivity index (χ0) is 12.4. The Morgan fingerprint density at radius 3 is 2.82 bits per heavy atom. The molecule has 1 aromatic carbocycles. The average Bonchev–Trinajstić information content (AvgIpc) is 2.67. The van der Waals surface area contributed by atoms with Crippen LogP contribution in [0, 0.1) is 11.6 Å². The predicted octanol–water partition coefficient (Wildman–Crippen LogP) is 3.04. The maximum atomic E-state index is 13.3. The third-order valence-corrected chi connectivity index (χ3v) is 2.56. The van der Waals surface area contributed by atoms with Gasteiger partial charge in [0.15, 0.2) is 11.6 Å². The summed E-state index contributed by atoms with van der Waals surface area (Å²) < 4.78 is 33.6. The van der Waals surface area contributed by atoms with Gasteiger partial charge in [0.05, 0.1) is 5.69 Å². The molecule has 17 heavy (non-hydrogen) atoms. The van der Waals surface area contributed by atoms with Crippen LogP contribution in [0.25, 0.3) is 0 Å². The number of aromatic nitrogens is 2. The summed E-state index contributed by atoms with van der Waals surface area (Å²) in [6.45, 7) is 0.0909. The maximum Gasteiger partial charge on any atom is 0.200 e. The number of aryl methyl sites for hydroxylation is 1. The van der Waals surface area contributed by atoms with Gasteiger partial charge in [-0.1, -0.05) is 15.9 Å². The summed E-state index contributed by atoms with van der Waals surface area (Å²) in [4.78, 5) is 0. The van der Waals surface area contributed by atoms with Gasteiger partial charge >= 0.3 is 0 Å². The fourth-order valence-corrected chi connectivity index (χ4v) is 1.74. The van der Waals surface area contributed by atoms with Crippen LogP contribution in [0.3, 0.4) is 0 Å². The van der Waals surface area contributed by atoms with Gasteiger partial charge in [0, 0.05) is 17.7 Å². The van der Waals surface area contributed by atoms with Crippen molar-refractivity contribution in [2.24, 2.45) is 7.05 Å². The molecule has 3 nitrogen and oxygen atoms in total. The van der Waals surface area contributed by atoms with E-state index < -0.39 is 11.6 Å². The van der Waals surface area contributed by atoms with Crippen molar-refractivity contribution in [3.8, 4) is 5.75 Å². The van der Waals surface area contributed by atoms with Gasteiger partial charge in [-0.25, -0.2) is 4.39 Å². The molecule has 90 valence electrons. The van der Waals surface area contributed by atoms with Gasteiger partial charge in [-0.2, -0.15) is 9.49 Å². The third kappa shape index (κ3) is 2.82. The van der Waals surface area contributed by atoms with E-state index in [1.165, 1.54) is 6.07 Å². The van der Waals surface area contributed by atoms with E-state index in [0.29, 0.717) is 10.2 Å². The number of halogens is 3. The van der Waals surface area contributed by atoms with Crippen LogP contribution < -0.4 is 4.74 Å². The van der Waals surface area contributed by atoms with E-state index in [2.05, 4.69) is 21.0 Å². The summed E-state index contributed by atoms with van der Waals surface area (Å²) >= 11 is 3.07.